The van der Waals surface area contributed by atoms with Crippen LogP contribution in [0.2, 0.25) is 5.02 Å². The minimum absolute atomic E-state index is 0.685. The van der Waals surface area contributed by atoms with Gasteiger partial charge in [-0.2, -0.15) is 0 Å². The number of hydrogen-bond acceptors (Lipinski definition) is 2. The Balaban J connectivity index is 1.62. The lowest BCUT2D eigenvalue weighted by atomic mass is 9.99. The Morgan fingerprint density at radius 2 is 1.23 bits per heavy atom. The topological polar surface area (TPSA) is 26.3 Å². The summed E-state index contributed by atoms with van der Waals surface area (Å²) in [5.74, 6) is 0. The molecule has 2 aromatic heterocycles. The van der Waals surface area contributed by atoms with Gasteiger partial charge < -0.3 is 8.83 Å². The monoisotopic (exact) mass is 418 g/mol. The highest BCUT2D eigenvalue weighted by Gasteiger charge is 2.19. The van der Waals surface area contributed by atoms with Crippen LogP contribution in [0.15, 0.2) is 99.8 Å². The lowest BCUT2D eigenvalue weighted by Crippen LogP contribution is -1.81. The molecule has 0 radical (unpaired) electrons. The molecule has 0 atom stereocenters. The molecule has 0 saturated heterocycles. The number of para-hydroxylation sites is 2. The minimum Gasteiger partial charge on any atom is -0.455 e. The Hall–Kier alpha value is -3.75. The Bertz CT molecular complexity index is 1800. The van der Waals surface area contributed by atoms with Crippen LogP contribution >= 0.6 is 11.6 Å². The minimum atomic E-state index is 0.685. The molecule has 0 amide bonds. The highest BCUT2D eigenvalue weighted by Crippen LogP contribution is 2.43. The second-order valence-electron chi connectivity index (χ2n) is 7.88. The first-order valence-electron chi connectivity index (χ1n) is 10.2. The molecule has 0 bridgehead atoms. The van der Waals surface area contributed by atoms with Crippen molar-refractivity contribution < 1.29 is 8.83 Å². The molecule has 0 N–H and O–H groups in total. The largest absolute Gasteiger partial charge is 0.455 e. The number of benzene rings is 5. The first kappa shape index (κ1) is 17.0. The summed E-state index contributed by atoms with van der Waals surface area (Å²) in [5.41, 5.74) is 5.33. The average Bonchev–Trinajstić information content (AvgIpc) is 3.36. The summed E-state index contributed by atoms with van der Waals surface area (Å²) in [4.78, 5) is 0. The standard InChI is InChI=1S/C28H15ClO2/c29-23-13-12-21(20-10-5-9-19-18-8-3-4-11-24(18)30-27(19)20)28-26(23)22-14-16-6-1-2-7-17(16)15-25(22)31-28/h1-15H. The van der Waals surface area contributed by atoms with Crippen molar-refractivity contribution in [2.45, 2.75) is 0 Å². The second kappa shape index (κ2) is 6.13. The summed E-state index contributed by atoms with van der Waals surface area (Å²) in [5, 5.41) is 7.16. The van der Waals surface area contributed by atoms with Crippen molar-refractivity contribution in [3.05, 3.63) is 96.0 Å². The zero-order chi connectivity index (χ0) is 20.5. The van der Waals surface area contributed by atoms with E-state index in [1.54, 1.807) is 0 Å². The van der Waals surface area contributed by atoms with E-state index in [0.29, 0.717) is 5.02 Å². The van der Waals surface area contributed by atoms with Crippen molar-refractivity contribution in [3.63, 3.8) is 0 Å². The molecule has 0 saturated carbocycles. The Kier molecular flexibility index (Phi) is 3.36. The molecule has 2 nitrogen and oxygen atoms in total. The lowest BCUT2D eigenvalue weighted by Gasteiger charge is -2.05. The van der Waals surface area contributed by atoms with Gasteiger partial charge in [0.05, 0.1) is 5.02 Å². The van der Waals surface area contributed by atoms with Gasteiger partial charge in [0, 0.05) is 32.7 Å². The van der Waals surface area contributed by atoms with Crippen LogP contribution in [-0.2, 0) is 0 Å². The number of hydrogen-bond donors (Lipinski definition) is 0. The molecule has 0 aliphatic carbocycles. The van der Waals surface area contributed by atoms with Crippen LogP contribution < -0.4 is 0 Å². The molecule has 7 aromatic rings. The number of furan rings is 2. The van der Waals surface area contributed by atoms with E-state index >= 15 is 0 Å². The van der Waals surface area contributed by atoms with Gasteiger partial charge in [-0.05, 0) is 41.1 Å². The second-order valence-corrected chi connectivity index (χ2v) is 8.28. The molecular formula is C28H15ClO2. The third-order valence-electron chi connectivity index (χ3n) is 6.13. The third kappa shape index (κ3) is 2.34. The van der Waals surface area contributed by atoms with Crippen molar-refractivity contribution in [1.82, 2.24) is 0 Å². The fourth-order valence-electron chi connectivity index (χ4n) is 4.70. The predicted octanol–water partition coefficient (Wildman–Crippen LogP) is 8.96. The van der Waals surface area contributed by atoms with E-state index in [1.165, 1.54) is 5.39 Å². The van der Waals surface area contributed by atoms with E-state index in [2.05, 4.69) is 48.5 Å². The highest BCUT2D eigenvalue weighted by atomic mass is 35.5. The summed E-state index contributed by atoms with van der Waals surface area (Å²) < 4.78 is 12.7. The van der Waals surface area contributed by atoms with E-state index < -0.39 is 0 Å². The van der Waals surface area contributed by atoms with Crippen molar-refractivity contribution in [1.29, 1.82) is 0 Å². The zero-order valence-electron chi connectivity index (χ0n) is 16.4. The normalized spacial score (nSPS) is 12.0. The average molecular weight is 419 g/mol. The van der Waals surface area contributed by atoms with Gasteiger partial charge in [-0.15, -0.1) is 0 Å². The van der Waals surface area contributed by atoms with Crippen molar-refractivity contribution in [3.8, 4) is 11.1 Å². The third-order valence-corrected chi connectivity index (χ3v) is 6.45. The molecule has 7 rings (SSSR count). The first-order chi connectivity index (χ1) is 15.3. The highest BCUT2D eigenvalue weighted by molar-refractivity contribution is 6.38. The van der Waals surface area contributed by atoms with Gasteiger partial charge in [0.15, 0.2) is 0 Å². The fourth-order valence-corrected chi connectivity index (χ4v) is 4.95. The number of fused-ring (bicyclic) bond motifs is 7. The van der Waals surface area contributed by atoms with Gasteiger partial charge in [-0.25, -0.2) is 0 Å². The Labute approximate surface area is 182 Å². The summed E-state index contributed by atoms with van der Waals surface area (Å²) in [6.07, 6.45) is 0. The maximum absolute atomic E-state index is 6.69. The van der Waals surface area contributed by atoms with Crippen LogP contribution in [-0.4, -0.2) is 0 Å². The smallest absolute Gasteiger partial charge is 0.144 e. The van der Waals surface area contributed by atoms with E-state index in [1.807, 2.05) is 42.5 Å². The van der Waals surface area contributed by atoms with E-state index in [4.69, 9.17) is 20.4 Å². The first-order valence-corrected chi connectivity index (χ1v) is 10.6. The fraction of sp³-hybridized carbons (Fsp3) is 0. The summed E-state index contributed by atoms with van der Waals surface area (Å²) >= 11 is 6.69. The van der Waals surface area contributed by atoms with Crippen LogP contribution in [0.4, 0.5) is 0 Å². The van der Waals surface area contributed by atoms with E-state index in [9.17, 15) is 0 Å². The van der Waals surface area contributed by atoms with Gasteiger partial charge in [-0.1, -0.05) is 72.3 Å². The SMILES string of the molecule is Clc1ccc(-c2cccc3c2oc2ccccc23)c2oc3cc4ccccc4cc3c12. The number of halogens is 1. The molecule has 146 valence electrons. The van der Waals surface area contributed by atoms with Crippen LogP contribution in [0.25, 0.3) is 65.8 Å². The number of rotatable bonds is 1. The lowest BCUT2D eigenvalue weighted by molar-refractivity contribution is 0.665. The molecule has 0 aliphatic heterocycles. The maximum atomic E-state index is 6.69. The van der Waals surface area contributed by atoms with Crippen molar-refractivity contribution in [2.75, 3.05) is 0 Å². The zero-order valence-corrected chi connectivity index (χ0v) is 17.1. The summed E-state index contributed by atoms with van der Waals surface area (Å²) in [6.45, 7) is 0. The molecule has 0 aliphatic rings. The van der Waals surface area contributed by atoms with Crippen LogP contribution in [0, 0.1) is 0 Å². The van der Waals surface area contributed by atoms with Gasteiger partial charge >= 0.3 is 0 Å². The van der Waals surface area contributed by atoms with Crippen molar-refractivity contribution >= 4 is 66.3 Å². The molecular weight excluding hydrogens is 404 g/mol. The molecule has 0 spiro atoms. The van der Waals surface area contributed by atoms with Crippen LogP contribution in [0.1, 0.15) is 0 Å². The molecule has 0 fully saturated rings. The summed E-state index contributed by atoms with van der Waals surface area (Å²) in [6, 6.07) is 30.9. The Morgan fingerprint density at radius 1 is 0.516 bits per heavy atom. The maximum Gasteiger partial charge on any atom is 0.144 e. The predicted molar refractivity (Wildman–Crippen MR) is 129 cm³/mol. The van der Waals surface area contributed by atoms with Crippen LogP contribution in [0.5, 0.6) is 0 Å². The van der Waals surface area contributed by atoms with E-state index in [-0.39, 0.29) is 0 Å². The molecule has 5 aromatic carbocycles. The van der Waals surface area contributed by atoms with Crippen LogP contribution in [0.3, 0.4) is 0 Å². The van der Waals surface area contributed by atoms with E-state index in [0.717, 1.165) is 60.4 Å². The Morgan fingerprint density at radius 3 is 2.13 bits per heavy atom. The molecule has 0 unspecified atom stereocenters. The molecule has 2 heterocycles. The molecule has 3 heteroatoms. The quantitative estimate of drug-likeness (QED) is 0.266. The van der Waals surface area contributed by atoms with Gasteiger partial charge in [-0.3, -0.25) is 0 Å². The molecule has 31 heavy (non-hydrogen) atoms. The van der Waals surface area contributed by atoms with Gasteiger partial charge in [0.1, 0.15) is 22.3 Å². The van der Waals surface area contributed by atoms with Gasteiger partial charge in [0.25, 0.3) is 0 Å². The van der Waals surface area contributed by atoms with Crippen molar-refractivity contribution in [2.24, 2.45) is 0 Å². The van der Waals surface area contributed by atoms with Gasteiger partial charge in [0.2, 0.25) is 0 Å². The summed E-state index contributed by atoms with van der Waals surface area (Å²) in [7, 11) is 0.